The van der Waals surface area contributed by atoms with Gasteiger partial charge in [-0.05, 0) is 30.4 Å². The molecule has 1 heterocycles. The smallest absolute Gasteiger partial charge is 0.339 e. The fourth-order valence-electron chi connectivity index (χ4n) is 3.74. The van der Waals surface area contributed by atoms with Crippen LogP contribution in [0.1, 0.15) is 52.0 Å². The highest BCUT2D eigenvalue weighted by atomic mass is 16.4. The molecule has 4 rings (SSSR count). The van der Waals surface area contributed by atoms with Crippen molar-refractivity contribution in [3.05, 3.63) is 94.7 Å². The summed E-state index contributed by atoms with van der Waals surface area (Å²) in [6.45, 7) is 2.35. The lowest BCUT2D eigenvalue weighted by molar-refractivity contribution is 0.0697. The molecule has 0 bridgehead atoms. The number of aromatic carboxylic acids is 1. The number of hydrogen-bond acceptors (Lipinski definition) is 4. The van der Waals surface area contributed by atoms with Crippen molar-refractivity contribution in [3.8, 4) is 0 Å². The van der Waals surface area contributed by atoms with Gasteiger partial charge in [0, 0.05) is 16.8 Å². The van der Waals surface area contributed by atoms with Crippen LogP contribution in [0.15, 0.2) is 71.7 Å². The molecule has 0 spiro atoms. The number of benzene rings is 2. The Hall–Kier alpha value is -3.47. The quantitative estimate of drug-likeness (QED) is 0.601. The minimum Gasteiger partial charge on any atom is -0.478 e. The molecule has 0 saturated carbocycles. The summed E-state index contributed by atoms with van der Waals surface area (Å²) in [5.74, 6) is -0.239. The average molecular weight is 385 g/mol. The van der Waals surface area contributed by atoms with Gasteiger partial charge in [-0.3, -0.25) is 4.99 Å². The molecular formula is C24H23N3O2. The number of aryl methyl sites for hydroxylation is 1. The summed E-state index contributed by atoms with van der Waals surface area (Å²) >= 11 is 0. The topological polar surface area (TPSA) is 74.6 Å². The monoisotopic (exact) mass is 385 g/mol. The number of anilines is 1. The first kappa shape index (κ1) is 18.9. The van der Waals surface area contributed by atoms with Gasteiger partial charge < -0.3 is 10.4 Å². The van der Waals surface area contributed by atoms with E-state index in [1.165, 1.54) is 0 Å². The second-order valence-electron chi connectivity index (χ2n) is 7.24. The van der Waals surface area contributed by atoms with Gasteiger partial charge in [0.05, 0.1) is 5.71 Å². The van der Waals surface area contributed by atoms with Crippen LogP contribution < -0.4 is 5.32 Å². The molecule has 0 aliphatic heterocycles. The van der Waals surface area contributed by atoms with Crippen molar-refractivity contribution in [3.63, 3.8) is 0 Å². The standard InChI is InChI=1S/C24H23N3O2/c1-16-12-13-21-19(16)14-20(24(28)29)23(27-21)26-15-25-22(17-8-4-2-5-9-17)18-10-6-3-7-11-18/h2-11,14,16H,12-13,15H2,1H3,(H,26,27)(H,28,29)/t16-/m0/s1. The lowest BCUT2D eigenvalue weighted by Crippen LogP contribution is -2.13. The molecule has 2 aromatic carbocycles. The van der Waals surface area contributed by atoms with Gasteiger partial charge in [0.25, 0.3) is 0 Å². The molecule has 3 aromatic rings. The molecule has 0 amide bonds. The van der Waals surface area contributed by atoms with E-state index in [1.807, 2.05) is 60.7 Å². The molecule has 1 aromatic heterocycles. The highest BCUT2D eigenvalue weighted by Gasteiger charge is 2.24. The number of carbonyl (C=O) groups is 1. The second kappa shape index (κ2) is 8.27. The average Bonchev–Trinajstić information content (AvgIpc) is 3.11. The Kier molecular flexibility index (Phi) is 5.38. The van der Waals surface area contributed by atoms with Gasteiger partial charge in [-0.1, -0.05) is 67.6 Å². The van der Waals surface area contributed by atoms with E-state index in [2.05, 4.69) is 17.2 Å². The van der Waals surface area contributed by atoms with Crippen molar-refractivity contribution in [2.45, 2.75) is 25.7 Å². The first-order chi connectivity index (χ1) is 14.1. The van der Waals surface area contributed by atoms with Crippen LogP contribution in [0.25, 0.3) is 0 Å². The highest BCUT2D eigenvalue weighted by Crippen LogP contribution is 2.34. The molecule has 1 aliphatic rings. The number of carboxylic acids is 1. The molecule has 1 atom stereocenters. The summed E-state index contributed by atoms with van der Waals surface area (Å²) in [5, 5.41) is 12.8. The zero-order chi connectivity index (χ0) is 20.2. The Morgan fingerprint density at radius 3 is 2.31 bits per heavy atom. The number of rotatable bonds is 6. The maximum Gasteiger partial charge on any atom is 0.339 e. The maximum atomic E-state index is 11.8. The molecule has 0 saturated heterocycles. The molecule has 1 aliphatic carbocycles. The zero-order valence-corrected chi connectivity index (χ0v) is 16.3. The number of aliphatic imine (C=N–C) groups is 1. The first-order valence-electron chi connectivity index (χ1n) is 9.79. The number of hydrogen-bond donors (Lipinski definition) is 2. The molecule has 0 unspecified atom stereocenters. The predicted molar refractivity (Wildman–Crippen MR) is 115 cm³/mol. The molecule has 5 nitrogen and oxygen atoms in total. The highest BCUT2D eigenvalue weighted by molar-refractivity contribution is 6.12. The maximum absolute atomic E-state index is 11.8. The summed E-state index contributed by atoms with van der Waals surface area (Å²) in [7, 11) is 0. The van der Waals surface area contributed by atoms with Crippen LogP contribution in [0.3, 0.4) is 0 Å². The molecule has 2 N–H and O–H groups in total. The van der Waals surface area contributed by atoms with Gasteiger partial charge in [-0.2, -0.15) is 0 Å². The third-order valence-electron chi connectivity index (χ3n) is 5.29. The minimum atomic E-state index is -0.975. The van der Waals surface area contributed by atoms with Crippen LogP contribution in [-0.2, 0) is 6.42 Å². The van der Waals surface area contributed by atoms with Crippen molar-refractivity contribution in [1.29, 1.82) is 0 Å². The van der Waals surface area contributed by atoms with Crippen LogP contribution in [-0.4, -0.2) is 28.4 Å². The molecule has 0 fully saturated rings. The van der Waals surface area contributed by atoms with Crippen LogP contribution in [0, 0.1) is 0 Å². The largest absolute Gasteiger partial charge is 0.478 e. The summed E-state index contributed by atoms with van der Waals surface area (Å²) < 4.78 is 0. The van der Waals surface area contributed by atoms with Gasteiger partial charge in [0.1, 0.15) is 18.1 Å². The molecule has 0 radical (unpaired) electrons. The summed E-state index contributed by atoms with van der Waals surface area (Å²) in [4.78, 5) is 21.1. The lowest BCUT2D eigenvalue weighted by Gasteiger charge is -2.12. The zero-order valence-electron chi connectivity index (χ0n) is 16.3. The van der Waals surface area contributed by atoms with E-state index in [-0.39, 0.29) is 12.2 Å². The second-order valence-corrected chi connectivity index (χ2v) is 7.24. The van der Waals surface area contributed by atoms with E-state index >= 15 is 0 Å². The van der Waals surface area contributed by atoms with Crippen molar-refractivity contribution in [2.24, 2.45) is 4.99 Å². The van der Waals surface area contributed by atoms with Crippen LogP contribution in [0.5, 0.6) is 0 Å². The van der Waals surface area contributed by atoms with Crippen molar-refractivity contribution in [1.82, 2.24) is 4.98 Å². The fourth-order valence-corrected chi connectivity index (χ4v) is 3.74. The van der Waals surface area contributed by atoms with E-state index in [0.717, 1.165) is 40.9 Å². The van der Waals surface area contributed by atoms with Crippen molar-refractivity contribution in [2.75, 3.05) is 12.0 Å². The predicted octanol–water partition coefficient (Wildman–Crippen LogP) is 4.74. The Morgan fingerprint density at radius 2 is 1.72 bits per heavy atom. The number of nitrogens with one attached hydrogen (secondary N) is 1. The van der Waals surface area contributed by atoms with Gasteiger partial charge in [-0.15, -0.1) is 0 Å². The Bertz CT molecular complexity index is 1000. The van der Waals surface area contributed by atoms with Crippen LogP contribution >= 0.6 is 0 Å². The summed E-state index contributed by atoms with van der Waals surface area (Å²) in [6, 6.07) is 21.7. The third kappa shape index (κ3) is 4.04. The minimum absolute atomic E-state index is 0.202. The molecule has 5 heteroatoms. The molecular weight excluding hydrogens is 362 g/mol. The van der Waals surface area contributed by atoms with E-state index in [4.69, 9.17) is 4.99 Å². The van der Waals surface area contributed by atoms with Gasteiger partial charge in [0.2, 0.25) is 0 Å². The molecule has 146 valence electrons. The van der Waals surface area contributed by atoms with Crippen LogP contribution in [0.4, 0.5) is 5.82 Å². The van der Waals surface area contributed by atoms with Gasteiger partial charge in [-0.25, -0.2) is 9.78 Å². The summed E-state index contributed by atoms with van der Waals surface area (Å²) in [5.41, 5.74) is 5.11. The Labute approximate surface area is 170 Å². The van der Waals surface area contributed by atoms with Gasteiger partial charge in [0.15, 0.2) is 0 Å². The van der Waals surface area contributed by atoms with E-state index < -0.39 is 5.97 Å². The first-order valence-corrected chi connectivity index (χ1v) is 9.79. The number of aromatic nitrogens is 1. The van der Waals surface area contributed by atoms with E-state index in [0.29, 0.717) is 11.7 Å². The molecule has 29 heavy (non-hydrogen) atoms. The third-order valence-corrected chi connectivity index (χ3v) is 5.29. The van der Waals surface area contributed by atoms with Crippen molar-refractivity contribution < 1.29 is 9.90 Å². The summed E-state index contributed by atoms with van der Waals surface area (Å²) in [6.07, 6.45) is 1.89. The lowest BCUT2D eigenvalue weighted by atomic mass is 10.0. The fraction of sp³-hybridized carbons (Fsp3) is 0.208. The Balaban J connectivity index is 1.63. The van der Waals surface area contributed by atoms with E-state index in [9.17, 15) is 9.90 Å². The number of nitrogens with zero attached hydrogens (tertiary/aromatic N) is 2. The van der Waals surface area contributed by atoms with Gasteiger partial charge >= 0.3 is 5.97 Å². The number of fused-ring (bicyclic) bond motifs is 1. The van der Waals surface area contributed by atoms with E-state index in [1.54, 1.807) is 6.07 Å². The SMILES string of the molecule is C[C@H]1CCc2nc(NCN=C(c3ccccc3)c3ccccc3)c(C(=O)O)cc21. The van der Waals surface area contributed by atoms with Crippen LogP contribution in [0.2, 0.25) is 0 Å². The normalized spacial score (nSPS) is 14.9. The number of carboxylic acid groups (broad SMARTS) is 1. The Morgan fingerprint density at radius 1 is 1.10 bits per heavy atom. The number of pyridine rings is 1. The van der Waals surface area contributed by atoms with Crippen molar-refractivity contribution >= 4 is 17.5 Å².